The Balaban J connectivity index is 0.000000309. The second kappa shape index (κ2) is 34.5. The molecule has 12 heteroatoms. The molecule has 82 heavy (non-hydrogen) atoms. The van der Waals surface area contributed by atoms with E-state index >= 15 is 0 Å². The Kier molecular flexibility index (Phi) is 31.1. The maximum Gasteiger partial charge on any atom is 1.00 e. The summed E-state index contributed by atoms with van der Waals surface area (Å²) < 4.78 is 22.1. The van der Waals surface area contributed by atoms with E-state index in [9.17, 15) is 9.59 Å². The molecule has 0 aromatic heterocycles. The van der Waals surface area contributed by atoms with Gasteiger partial charge in [0, 0.05) is 26.2 Å². The Bertz CT molecular complexity index is 1960. The molecular weight excluding hydrogens is 1060 g/mol. The maximum absolute atomic E-state index is 11.3. The largest absolute Gasteiger partial charge is 1.00 e. The number of aliphatic hydroxyl groups is 1. The Morgan fingerprint density at radius 3 is 1.45 bits per heavy atom. The zero-order valence-corrected chi connectivity index (χ0v) is 55.4. The summed E-state index contributed by atoms with van der Waals surface area (Å²) in [5.41, 5.74) is 5.38. The molecule has 8 aliphatic carbocycles. The number of carboxylic acids is 1. The molecule has 0 radical (unpaired) electrons. The molecule has 9 unspecified atom stereocenters. The summed E-state index contributed by atoms with van der Waals surface area (Å²) in [5, 5.41) is 17.3. The van der Waals surface area contributed by atoms with Crippen LogP contribution in [0.1, 0.15) is 244 Å². The summed E-state index contributed by atoms with van der Waals surface area (Å²) in [6.45, 7) is 27.6. The fourth-order valence-electron chi connectivity index (χ4n) is 19.3. The van der Waals surface area contributed by atoms with Gasteiger partial charge in [-0.25, -0.2) is 0 Å². The maximum atomic E-state index is 11.3. The minimum Gasteiger partial charge on any atom is -0.870 e. The van der Waals surface area contributed by atoms with Crippen LogP contribution in [0.15, 0.2) is 23.3 Å². The van der Waals surface area contributed by atoms with Crippen LogP contribution < -0.4 is 18.9 Å². The molecule has 470 valence electrons. The summed E-state index contributed by atoms with van der Waals surface area (Å²) in [5.74, 6) is 12.4. The zero-order valence-electron chi connectivity index (χ0n) is 53.8. The fraction of sp³-hybridized carbons (Fsp3) is 0.914. The number of esters is 1. The van der Waals surface area contributed by atoms with Gasteiger partial charge in [0.1, 0.15) is 0 Å². The van der Waals surface area contributed by atoms with Gasteiger partial charge < -0.3 is 34.6 Å². The second-order valence-electron chi connectivity index (χ2n) is 29.3. The Hall–Kier alpha value is -0.483. The summed E-state index contributed by atoms with van der Waals surface area (Å²) in [6, 6.07) is 0. The molecule has 3 N–H and O–H groups in total. The van der Waals surface area contributed by atoms with Crippen molar-refractivity contribution in [2.24, 2.45) is 92.7 Å². The van der Waals surface area contributed by atoms with Crippen LogP contribution in [0.4, 0.5) is 0 Å². The average Bonchev–Trinajstić information content (AvgIpc) is 4.14. The topological polar surface area (TPSA) is 142 Å². The summed E-state index contributed by atoms with van der Waals surface area (Å²) in [4.78, 5) is 21.9. The van der Waals surface area contributed by atoms with Crippen LogP contribution in [0.25, 0.3) is 0 Å². The molecule has 0 spiro atoms. The van der Waals surface area contributed by atoms with Gasteiger partial charge in [-0.3, -0.25) is 9.59 Å². The number of carbonyl (C=O) groups is 2. The molecule has 0 bridgehead atoms. The first-order valence-electron chi connectivity index (χ1n) is 33.1. The molecular formula is C70H123LiO9S2. The van der Waals surface area contributed by atoms with E-state index in [0.717, 1.165) is 141 Å². The van der Waals surface area contributed by atoms with Gasteiger partial charge in [0.2, 0.25) is 0 Å². The molecule has 6 saturated carbocycles. The first-order valence-corrected chi connectivity index (χ1v) is 35.4. The standard InChI is InChI=1S/C33H56O3S.C32H54O3S.C4H8O2.CH4.Li.H2O/c1-23(2)9-7-10-24(3)28-13-14-29-27-12-11-25-21-26(36-19-8-20-37-22-31(34)35-6)15-17-32(25,4)30(27)16-18-33(28,29)5;1-22(2)8-6-9-23(3)27-12-13-28-26-11-10-24-20-25(35-18-7-19-36-21-30(33)34)14-16-31(24,4)29(26)15-17-32(27,28)5;5-4-2-1-3-6-4;;;/h11,23-24,26-30H,7-10,12-22H2,1-6H3;10,22-23,25-29H,6-9,11-21H2,1-5H3,(H,33,34);4-5H,1-3H2;1H4;;1H2/q;;;;+1;/p-1/t24-,26?,27?,28-,29?,30?,32+,33-;23-,25?,26?,27-,28?,29?,31+,32-;;;;/m11..../s1. The monoisotopic (exact) mass is 1180 g/mol. The number of thioether (sulfide) groups is 2. The SMILES string of the molecule is C.CC(C)CCC[C@@H](C)[C@H]1CCC2C3CC=C4CC(OCCCSCC(=O)O)CC[C@]4(C)C3CC[C@@]21C.COC(=O)CSCCCOC1CC[C@@]2(C)C(=CCC3C2CC[C@@]2(C)C3CC[C@@H]2[C@H](C)CCCC(C)C)C1.OC1CCCO1.[Li+].[OH-]. The molecule has 0 aromatic rings. The van der Waals surface area contributed by atoms with Crippen LogP contribution in [0, 0.1) is 92.7 Å². The number of rotatable bonds is 24. The normalized spacial score (nSPS) is 36.6. The molecule has 7 fully saturated rings. The van der Waals surface area contributed by atoms with Gasteiger partial charge in [-0.1, -0.05) is 138 Å². The van der Waals surface area contributed by atoms with Crippen molar-refractivity contribution in [1.82, 2.24) is 0 Å². The summed E-state index contributed by atoms with van der Waals surface area (Å²) in [6.07, 6.45) is 39.5. The van der Waals surface area contributed by atoms with Crippen LogP contribution in [-0.2, 0) is 28.5 Å². The number of fused-ring (bicyclic) bond motifs is 10. The molecule has 17 atom stereocenters. The van der Waals surface area contributed by atoms with Crippen molar-refractivity contribution in [2.75, 3.05) is 49.9 Å². The third-order valence-corrected chi connectivity index (χ3v) is 25.7. The number of aliphatic hydroxyl groups excluding tert-OH is 1. The van der Waals surface area contributed by atoms with Gasteiger partial charge in [-0.15, -0.1) is 0 Å². The van der Waals surface area contributed by atoms with Gasteiger partial charge in [-0.2, -0.15) is 23.5 Å². The smallest absolute Gasteiger partial charge is 0.870 e. The van der Waals surface area contributed by atoms with E-state index in [4.69, 9.17) is 29.2 Å². The molecule has 1 aliphatic heterocycles. The van der Waals surface area contributed by atoms with Crippen LogP contribution in [0.3, 0.4) is 0 Å². The molecule has 9 rings (SSSR count). The van der Waals surface area contributed by atoms with Gasteiger partial charge in [-0.05, 0) is 226 Å². The third kappa shape index (κ3) is 18.6. The number of aliphatic carboxylic acids is 1. The number of allylic oxidation sites excluding steroid dienone is 2. The molecule has 0 aromatic carbocycles. The number of hydrogen-bond acceptors (Lipinski definition) is 10. The fourth-order valence-corrected chi connectivity index (χ4v) is 20.7. The van der Waals surface area contributed by atoms with Crippen LogP contribution >= 0.6 is 23.5 Å². The Morgan fingerprint density at radius 1 is 0.622 bits per heavy atom. The van der Waals surface area contributed by atoms with E-state index < -0.39 is 12.3 Å². The van der Waals surface area contributed by atoms with Crippen LogP contribution in [0.2, 0.25) is 0 Å². The van der Waals surface area contributed by atoms with Crippen molar-refractivity contribution in [2.45, 2.75) is 262 Å². The van der Waals surface area contributed by atoms with Gasteiger partial charge in [0.15, 0.2) is 6.29 Å². The van der Waals surface area contributed by atoms with Crippen LogP contribution in [-0.4, -0.2) is 96.1 Å². The van der Waals surface area contributed by atoms with Crippen molar-refractivity contribution in [3.63, 3.8) is 0 Å². The quantitative estimate of drug-likeness (QED) is 0.0413. The van der Waals surface area contributed by atoms with Gasteiger partial charge in [0.05, 0.1) is 30.8 Å². The predicted molar refractivity (Wildman–Crippen MR) is 339 cm³/mol. The minimum absolute atomic E-state index is 0. The Labute approximate surface area is 523 Å². The predicted octanol–water partition coefficient (Wildman–Crippen LogP) is 14.9. The first-order chi connectivity index (χ1) is 37.7. The number of methoxy groups -OCH3 is 1. The minimum atomic E-state index is -0.720. The Morgan fingerprint density at radius 2 is 1.07 bits per heavy atom. The molecule has 1 saturated heterocycles. The van der Waals surface area contributed by atoms with Crippen molar-refractivity contribution >= 4 is 35.5 Å². The van der Waals surface area contributed by atoms with Crippen molar-refractivity contribution in [3.05, 3.63) is 23.3 Å². The number of ether oxygens (including phenoxy) is 4. The van der Waals surface area contributed by atoms with E-state index in [1.54, 1.807) is 22.9 Å². The average molecular weight is 1180 g/mol. The van der Waals surface area contributed by atoms with Gasteiger partial charge >= 0.3 is 30.8 Å². The van der Waals surface area contributed by atoms with E-state index in [1.165, 1.54) is 147 Å². The molecule has 1 heterocycles. The first kappa shape index (κ1) is 74.0. The van der Waals surface area contributed by atoms with Gasteiger partial charge in [0.25, 0.3) is 0 Å². The van der Waals surface area contributed by atoms with E-state index in [1.807, 2.05) is 0 Å². The molecule has 0 amide bonds. The third-order valence-electron chi connectivity index (χ3n) is 23.7. The summed E-state index contributed by atoms with van der Waals surface area (Å²) >= 11 is 3.15. The van der Waals surface area contributed by atoms with E-state index in [2.05, 4.69) is 81.4 Å². The zero-order chi connectivity index (χ0) is 57.0. The number of carbonyl (C=O) groups excluding carboxylic acids is 1. The molecule has 9 nitrogen and oxygen atoms in total. The summed E-state index contributed by atoms with van der Waals surface area (Å²) in [7, 11) is 1.46. The van der Waals surface area contributed by atoms with Crippen molar-refractivity contribution in [3.8, 4) is 0 Å². The number of hydrogen-bond donors (Lipinski definition) is 2. The second-order valence-corrected chi connectivity index (χ2v) is 31.5. The van der Waals surface area contributed by atoms with E-state index in [0.29, 0.717) is 39.6 Å². The van der Waals surface area contributed by atoms with Crippen molar-refractivity contribution in [1.29, 1.82) is 0 Å². The molecule has 9 aliphatic rings. The van der Waals surface area contributed by atoms with E-state index in [-0.39, 0.29) is 43.5 Å². The number of carboxylic acid groups (broad SMARTS) is 1. The van der Waals surface area contributed by atoms with Crippen LogP contribution in [0.5, 0.6) is 0 Å². The van der Waals surface area contributed by atoms with Crippen molar-refractivity contribution < 1.29 is 63.1 Å².